The molecule has 0 aliphatic heterocycles. The Hall–Kier alpha value is -3.31. The number of para-hydroxylation sites is 2. The number of hydrogen-bond acceptors (Lipinski definition) is 4. The van der Waals surface area contributed by atoms with Crippen molar-refractivity contribution in [3.8, 4) is 23.5 Å². The van der Waals surface area contributed by atoms with E-state index in [2.05, 4.69) is 12.1 Å². The highest BCUT2D eigenvalue weighted by Gasteiger charge is 2.27. The molecule has 1 aromatic heterocycles. The highest BCUT2D eigenvalue weighted by Crippen LogP contribution is 2.40. The Kier molecular flexibility index (Phi) is 3.44. The molecule has 122 valence electrons. The fourth-order valence-electron chi connectivity index (χ4n) is 3.89. The summed E-state index contributed by atoms with van der Waals surface area (Å²) in [6.45, 7) is 0. The molecule has 1 aliphatic rings. The molecule has 0 unspecified atom stereocenters. The van der Waals surface area contributed by atoms with Gasteiger partial charge in [0, 0.05) is 12.6 Å². The topological polar surface area (TPSA) is 91.4 Å². The Labute approximate surface area is 145 Å². The van der Waals surface area contributed by atoms with E-state index in [0.29, 0.717) is 11.1 Å². The molecule has 2 N–H and O–H groups in total. The van der Waals surface area contributed by atoms with Crippen molar-refractivity contribution in [1.29, 1.82) is 10.5 Å². The molecule has 0 spiro atoms. The van der Waals surface area contributed by atoms with Crippen LogP contribution in [0.15, 0.2) is 24.3 Å². The molecular weight excluding hydrogens is 310 g/mol. The van der Waals surface area contributed by atoms with E-state index in [1.165, 1.54) is 0 Å². The van der Waals surface area contributed by atoms with Crippen molar-refractivity contribution in [3.63, 3.8) is 0 Å². The second-order valence-electron chi connectivity index (χ2n) is 6.41. The molecular formula is C20H17N5. The summed E-state index contributed by atoms with van der Waals surface area (Å²) in [5.74, 6) is 0.743. The molecule has 0 saturated carbocycles. The first-order chi connectivity index (χ1) is 12.2. The van der Waals surface area contributed by atoms with Crippen LogP contribution in [0.5, 0.6) is 0 Å². The third-order valence-corrected chi connectivity index (χ3v) is 5.09. The van der Waals surface area contributed by atoms with Gasteiger partial charge in [-0.05, 0) is 48.9 Å². The lowest BCUT2D eigenvalue weighted by Gasteiger charge is -2.23. The van der Waals surface area contributed by atoms with E-state index in [-0.39, 0.29) is 5.69 Å². The van der Waals surface area contributed by atoms with E-state index >= 15 is 0 Å². The van der Waals surface area contributed by atoms with E-state index in [1.54, 1.807) is 0 Å². The second kappa shape index (κ2) is 5.65. The van der Waals surface area contributed by atoms with Gasteiger partial charge in [0.2, 0.25) is 0 Å². The van der Waals surface area contributed by atoms with Crippen LogP contribution in [0.4, 0.5) is 5.69 Å². The number of anilines is 1. The number of imidazole rings is 1. The number of nitrogen functional groups attached to an aromatic ring is 1. The van der Waals surface area contributed by atoms with Crippen LogP contribution < -0.4 is 5.73 Å². The lowest BCUT2D eigenvalue weighted by atomic mass is 9.82. The normalized spacial score (nSPS) is 13.2. The molecule has 0 radical (unpaired) electrons. The van der Waals surface area contributed by atoms with Crippen molar-refractivity contribution in [2.45, 2.75) is 25.7 Å². The lowest BCUT2D eigenvalue weighted by molar-refractivity contribution is 0.684. The minimum absolute atomic E-state index is 0.285. The van der Waals surface area contributed by atoms with Crippen molar-refractivity contribution < 1.29 is 0 Å². The summed E-state index contributed by atoms with van der Waals surface area (Å²) in [6, 6.07) is 12.3. The summed E-state index contributed by atoms with van der Waals surface area (Å²) in [6.07, 6.45) is 3.75. The van der Waals surface area contributed by atoms with E-state index in [4.69, 9.17) is 10.7 Å². The standard InChI is InChI=1S/C20H17N5/c1-25-17-9-5-4-8-16(17)24-20(25)18-13-7-3-2-6-12(13)14(10-21)19(23)15(18)11-22/h4-5,8-9H,2-3,6-7,23H2,1H3. The second-order valence-corrected chi connectivity index (χ2v) is 6.41. The molecule has 1 aliphatic carbocycles. The number of aromatic nitrogens is 2. The van der Waals surface area contributed by atoms with Crippen LogP contribution in [0.25, 0.3) is 22.4 Å². The highest BCUT2D eigenvalue weighted by atomic mass is 15.1. The summed E-state index contributed by atoms with van der Waals surface area (Å²) >= 11 is 0. The van der Waals surface area contributed by atoms with Crippen molar-refractivity contribution in [2.75, 3.05) is 5.73 Å². The van der Waals surface area contributed by atoms with Gasteiger partial charge in [-0.3, -0.25) is 0 Å². The molecule has 0 bridgehead atoms. The quantitative estimate of drug-likeness (QED) is 0.693. The molecule has 0 atom stereocenters. The van der Waals surface area contributed by atoms with Crippen LogP contribution in [0, 0.1) is 22.7 Å². The average Bonchev–Trinajstić information content (AvgIpc) is 2.97. The highest BCUT2D eigenvalue weighted by molar-refractivity contribution is 5.87. The predicted octanol–water partition coefficient (Wildman–Crippen LogP) is 3.44. The molecule has 5 nitrogen and oxygen atoms in total. The van der Waals surface area contributed by atoms with Crippen LogP contribution in [0.1, 0.15) is 35.1 Å². The zero-order valence-corrected chi connectivity index (χ0v) is 14.0. The molecule has 2 aromatic carbocycles. The molecule has 0 fully saturated rings. The Bertz CT molecular complexity index is 1090. The zero-order chi connectivity index (χ0) is 17.6. The summed E-state index contributed by atoms with van der Waals surface area (Å²) in [4.78, 5) is 4.77. The first-order valence-electron chi connectivity index (χ1n) is 8.36. The summed E-state index contributed by atoms with van der Waals surface area (Å²) in [5.41, 5.74) is 12.1. The van der Waals surface area contributed by atoms with Crippen molar-refractivity contribution in [2.24, 2.45) is 7.05 Å². The van der Waals surface area contributed by atoms with E-state index < -0.39 is 0 Å². The Morgan fingerprint density at radius 3 is 2.40 bits per heavy atom. The van der Waals surface area contributed by atoms with E-state index in [9.17, 15) is 10.5 Å². The number of fused-ring (bicyclic) bond motifs is 2. The first-order valence-corrected chi connectivity index (χ1v) is 8.36. The van der Waals surface area contributed by atoms with Gasteiger partial charge in [0.25, 0.3) is 0 Å². The minimum Gasteiger partial charge on any atom is -0.397 e. The largest absolute Gasteiger partial charge is 0.397 e. The van der Waals surface area contributed by atoms with Crippen molar-refractivity contribution in [1.82, 2.24) is 9.55 Å². The van der Waals surface area contributed by atoms with Gasteiger partial charge < -0.3 is 10.3 Å². The molecule has 25 heavy (non-hydrogen) atoms. The van der Waals surface area contributed by atoms with Gasteiger partial charge >= 0.3 is 0 Å². The molecule has 3 aromatic rings. The van der Waals surface area contributed by atoms with Gasteiger partial charge in [-0.25, -0.2) is 4.98 Å². The van der Waals surface area contributed by atoms with Gasteiger partial charge in [-0.2, -0.15) is 10.5 Å². The number of benzene rings is 2. The fourth-order valence-corrected chi connectivity index (χ4v) is 3.89. The summed E-state index contributed by atoms with van der Waals surface area (Å²) in [7, 11) is 1.95. The van der Waals surface area contributed by atoms with Gasteiger partial charge in [0.15, 0.2) is 0 Å². The Morgan fingerprint density at radius 1 is 1.04 bits per heavy atom. The Morgan fingerprint density at radius 2 is 1.72 bits per heavy atom. The SMILES string of the molecule is Cn1c(-c2c(C#N)c(N)c(C#N)c3c2CCCC3)nc2ccccc21. The third-order valence-electron chi connectivity index (χ3n) is 5.09. The van der Waals surface area contributed by atoms with Crippen LogP contribution in [-0.4, -0.2) is 9.55 Å². The number of nitrogens with zero attached hydrogens (tertiary/aromatic N) is 4. The molecule has 4 rings (SSSR count). The van der Waals surface area contributed by atoms with Crippen LogP contribution in [0.3, 0.4) is 0 Å². The maximum atomic E-state index is 9.77. The van der Waals surface area contributed by atoms with Crippen molar-refractivity contribution >= 4 is 16.7 Å². The smallest absolute Gasteiger partial charge is 0.142 e. The third kappa shape index (κ3) is 2.10. The van der Waals surface area contributed by atoms with E-state index in [0.717, 1.165) is 59.2 Å². The van der Waals surface area contributed by atoms with Gasteiger partial charge in [0.05, 0.1) is 27.8 Å². The fraction of sp³-hybridized carbons (Fsp3) is 0.250. The van der Waals surface area contributed by atoms with Gasteiger partial charge in [-0.15, -0.1) is 0 Å². The van der Waals surface area contributed by atoms with Gasteiger partial charge in [-0.1, -0.05) is 12.1 Å². The summed E-state index contributed by atoms with van der Waals surface area (Å²) in [5, 5.41) is 19.3. The Balaban J connectivity index is 2.14. The monoisotopic (exact) mass is 327 g/mol. The number of nitrogens with two attached hydrogens (primary N) is 1. The van der Waals surface area contributed by atoms with E-state index in [1.807, 2.05) is 35.9 Å². The lowest BCUT2D eigenvalue weighted by Crippen LogP contribution is -2.13. The van der Waals surface area contributed by atoms with Crippen LogP contribution in [-0.2, 0) is 19.9 Å². The molecule has 1 heterocycles. The maximum absolute atomic E-state index is 9.77. The van der Waals surface area contributed by atoms with Crippen LogP contribution in [0.2, 0.25) is 0 Å². The number of hydrogen-bond donors (Lipinski definition) is 1. The van der Waals surface area contributed by atoms with Crippen molar-refractivity contribution in [3.05, 3.63) is 46.5 Å². The molecule has 5 heteroatoms. The predicted molar refractivity (Wildman–Crippen MR) is 96.6 cm³/mol. The first kappa shape index (κ1) is 15.2. The van der Waals surface area contributed by atoms with Gasteiger partial charge in [0.1, 0.15) is 18.0 Å². The molecule has 0 amide bonds. The maximum Gasteiger partial charge on any atom is 0.142 e. The zero-order valence-electron chi connectivity index (χ0n) is 14.0. The molecule has 0 saturated heterocycles. The number of nitriles is 2. The minimum atomic E-state index is 0.285. The number of aryl methyl sites for hydroxylation is 1. The summed E-state index contributed by atoms with van der Waals surface area (Å²) < 4.78 is 2.01. The number of rotatable bonds is 1. The van der Waals surface area contributed by atoms with Crippen LogP contribution >= 0.6 is 0 Å². The average molecular weight is 327 g/mol.